The lowest BCUT2D eigenvalue weighted by molar-refractivity contribution is 0.596. The second-order valence-electron chi connectivity index (χ2n) is 4.37. The Bertz CT molecular complexity index is 596. The van der Waals surface area contributed by atoms with Crippen LogP contribution >= 0.6 is 0 Å². The third-order valence-corrected chi connectivity index (χ3v) is 3.14. The monoisotopic (exact) mass is 265 g/mol. The van der Waals surface area contributed by atoms with E-state index < -0.39 is 17.5 Å². The Morgan fingerprint density at radius 2 is 1.47 bits per heavy atom. The maximum absolute atomic E-state index is 13.8. The standard InChI is InChI=1S/C15H14F3N/c1-9(19-2)10-3-5-14(17)12(7-10)13-8-11(16)4-6-15(13)18/h3-9,19H,1-2H3. The molecule has 0 aliphatic rings. The molecule has 0 bridgehead atoms. The highest BCUT2D eigenvalue weighted by Gasteiger charge is 2.13. The Hall–Kier alpha value is -1.81. The molecule has 0 fully saturated rings. The molecule has 0 radical (unpaired) electrons. The number of benzene rings is 2. The van der Waals surface area contributed by atoms with Crippen LogP contribution in [0.2, 0.25) is 0 Å². The molecule has 4 heteroatoms. The van der Waals surface area contributed by atoms with Crippen molar-refractivity contribution in [3.8, 4) is 11.1 Å². The molecule has 19 heavy (non-hydrogen) atoms. The first-order valence-corrected chi connectivity index (χ1v) is 5.95. The van der Waals surface area contributed by atoms with Gasteiger partial charge in [-0.1, -0.05) is 6.07 Å². The van der Waals surface area contributed by atoms with Crippen LogP contribution in [0.3, 0.4) is 0 Å². The van der Waals surface area contributed by atoms with E-state index in [9.17, 15) is 13.2 Å². The van der Waals surface area contributed by atoms with Gasteiger partial charge in [-0.2, -0.15) is 0 Å². The van der Waals surface area contributed by atoms with Crippen molar-refractivity contribution in [2.45, 2.75) is 13.0 Å². The van der Waals surface area contributed by atoms with Crippen LogP contribution in [0, 0.1) is 17.5 Å². The minimum Gasteiger partial charge on any atom is -0.313 e. The third-order valence-electron chi connectivity index (χ3n) is 3.14. The highest BCUT2D eigenvalue weighted by Crippen LogP contribution is 2.29. The van der Waals surface area contributed by atoms with Crippen LogP contribution in [-0.2, 0) is 0 Å². The summed E-state index contributed by atoms with van der Waals surface area (Å²) in [5.41, 5.74) is 0.807. The predicted octanol–water partition coefficient (Wildman–Crippen LogP) is 4.05. The molecule has 0 saturated carbocycles. The van der Waals surface area contributed by atoms with Crippen LogP contribution in [-0.4, -0.2) is 7.05 Å². The summed E-state index contributed by atoms with van der Waals surface area (Å²) in [5.74, 6) is -1.81. The van der Waals surface area contributed by atoms with Gasteiger partial charge in [-0.3, -0.25) is 0 Å². The average molecular weight is 265 g/mol. The lowest BCUT2D eigenvalue weighted by Crippen LogP contribution is -2.12. The first kappa shape index (κ1) is 13.6. The Balaban J connectivity index is 2.57. The van der Waals surface area contributed by atoms with Crippen LogP contribution in [0.15, 0.2) is 36.4 Å². The molecule has 0 heterocycles. The highest BCUT2D eigenvalue weighted by molar-refractivity contribution is 5.65. The molecule has 1 nitrogen and oxygen atoms in total. The van der Waals surface area contributed by atoms with Crippen molar-refractivity contribution in [1.82, 2.24) is 5.32 Å². The molecule has 0 aromatic heterocycles. The first-order chi connectivity index (χ1) is 9.02. The zero-order valence-electron chi connectivity index (χ0n) is 10.7. The smallest absolute Gasteiger partial charge is 0.131 e. The van der Waals surface area contributed by atoms with Crippen molar-refractivity contribution in [3.63, 3.8) is 0 Å². The number of hydrogen-bond donors (Lipinski definition) is 1. The molecular weight excluding hydrogens is 251 g/mol. The zero-order valence-corrected chi connectivity index (χ0v) is 10.7. The van der Waals surface area contributed by atoms with Gasteiger partial charge < -0.3 is 5.32 Å². The summed E-state index contributed by atoms with van der Waals surface area (Å²) < 4.78 is 40.7. The van der Waals surface area contributed by atoms with Gasteiger partial charge in [0.05, 0.1) is 0 Å². The van der Waals surface area contributed by atoms with E-state index in [0.29, 0.717) is 0 Å². The van der Waals surface area contributed by atoms with Crippen LogP contribution in [0.4, 0.5) is 13.2 Å². The minimum atomic E-state index is -0.644. The van der Waals surface area contributed by atoms with E-state index in [0.717, 1.165) is 23.8 Å². The van der Waals surface area contributed by atoms with Gasteiger partial charge in [0.15, 0.2) is 0 Å². The SMILES string of the molecule is CNC(C)c1ccc(F)c(-c2cc(F)ccc2F)c1. The average Bonchev–Trinajstić information content (AvgIpc) is 2.41. The molecule has 1 unspecified atom stereocenters. The number of nitrogens with one attached hydrogen (secondary N) is 1. The maximum Gasteiger partial charge on any atom is 0.131 e. The summed E-state index contributed by atoms with van der Waals surface area (Å²) in [7, 11) is 1.77. The van der Waals surface area contributed by atoms with Crippen molar-refractivity contribution in [2.75, 3.05) is 7.05 Å². The van der Waals surface area contributed by atoms with Crippen LogP contribution < -0.4 is 5.32 Å². The summed E-state index contributed by atoms with van der Waals surface area (Å²) in [6, 6.07) is 7.43. The number of hydrogen-bond acceptors (Lipinski definition) is 1. The normalized spacial score (nSPS) is 12.5. The molecule has 0 spiro atoms. The number of rotatable bonds is 3. The Morgan fingerprint density at radius 3 is 2.11 bits per heavy atom. The van der Waals surface area contributed by atoms with Gasteiger partial charge in [0.1, 0.15) is 17.5 Å². The van der Waals surface area contributed by atoms with Crippen molar-refractivity contribution in [2.24, 2.45) is 0 Å². The van der Waals surface area contributed by atoms with E-state index >= 15 is 0 Å². The van der Waals surface area contributed by atoms with Gasteiger partial charge in [-0.05, 0) is 49.9 Å². The van der Waals surface area contributed by atoms with Gasteiger partial charge in [0, 0.05) is 17.2 Å². The molecule has 0 saturated heterocycles. The molecule has 1 atom stereocenters. The van der Waals surface area contributed by atoms with Crippen molar-refractivity contribution < 1.29 is 13.2 Å². The summed E-state index contributed by atoms with van der Waals surface area (Å²) in [4.78, 5) is 0. The lowest BCUT2D eigenvalue weighted by atomic mass is 9.99. The number of halogens is 3. The van der Waals surface area contributed by atoms with Gasteiger partial charge >= 0.3 is 0 Å². The Labute approximate surface area is 110 Å². The van der Waals surface area contributed by atoms with Gasteiger partial charge in [0.25, 0.3) is 0 Å². The van der Waals surface area contributed by atoms with E-state index in [1.165, 1.54) is 12.1 Å². The third kappa shape index (κ3) is 2.79. The quantitative estimate of drug-likeness (QED) is 0.882. The Kier molecular flexibility index (Phi) is 3.90. The summed E-state index contributed by atoms with van der Waals surface area (Å²) in [5, 5.41) is 3.02. The van der Waals surface area contributed by atoms with Crippen molar-refractivity contribution in [3.05, 3.63) is 59.4 Å². The largest absolute Gasteiger partial charge is 0.313 e. The summed E-state index contributed by atoms with van der Waals surface area (Å²) in [6.07, 6.45) is 0. The van der Waals surface area contributed by atoms with Crippen molar-refractivity contribution >= 4 is 0 Å². The summed E-state index contributed by atoms with van der Waals surface area (Å²) >= 11 is 0. The zero-order chi connectivity index (χ0) is 14.0. The molecule has 0 aliphatic heterocycles. The van der Waals surface area contributed by atoms with Gasteiger partial charge in [-0.25, -0.2) is 13.2 Å². The molecule has 2 aromatic rings. The first-order valence-electron chi connectivity index (χ1n) is 5.95. The van der Waals surface area contributed by atoms with E-state index in [2.05, 4.69) is 5.32 Å². The fourth-order valence-corrected chi connectivity index (χ4v) is 1.89. The molecule has 2 rings (SSSR count). The fourth-order valence-electron chi connectivity index (χ4n) is 1.89. The molecule has 100 valence electrons. The topological polar surface area (TPSA) is 12.0 Å². The van der Waals surface area contributed by atoms with E-state index in [4.69, 9.17) is 0 Å². The van der Waals surface area contributed by atoms with Gasteiger partial charge in [-0.15, -0.1) is 0 Å². The summed E-state index contributed by atoms with van der Waals surface area (Å²) in [6.45, 7) is 1.90. The molecule has 0 aliphatic carbocycles. The van der Waals surface area contributed by atoms with Crippen LogP contribution in [0.25, 0.3) is 11.1 Å². The molecular formula is C15H14F3N. The van der Waals surface area contributed by atoms with Crippen LogP contribution in [0.1, 0.15) is 18.5 Å². The van der Waals surface area contributed by atoms with E-state index in [1.54, 1.807) is 13.1 Å². The predicted molar refractivity (Wildman–Crippen MR) is 69.2 cm³/mol. The van der Waals surface area contributed by atoms with Crippen molar-refractivity contribution in [1.29, 1.82) is 0 Å². The van der Waals surface area contributed by atoms with E-state index in [1.807, 2.05) is 6.92 Å². The lowest BCUT2D eigenvalue weighted by Gasteiger charge is -2.13. The molecule has 0 amide bonds. The maximum atomic E-state index is 13.8. The minimum absolute atomic E-state index is 0.00373. The van der Waals surface area contributed by atoms with Gasteiger partial charge in [0.2, 0.25) is 0 Å². The molecule has 2 aromatic carbocycles. The van der Waals surface area contributed by atoms with E-state index in [-0.39, 0.29) is 17.2 Å². The highest BCUT2D eigenvalue weighted by atomic mass is 19.1. The Morgan fingerprint density at radius 1 is 0.895 bits per heavy atom. The molecule has 1 N–H and O–H groups in total. The second kappa shape index (κ2) is 5.45. The fraction of sp³-hybridized carbons (Fsp3) is 0.200. The second-order valence-corrected chi connectivity index (χ2v) is 4.37. The van der Waals surface area contributed by atoms with Crippen LogP contribution in [0.5, 0.6) is 0 Å².